The Kier molecular flexibility index (Phi) is 1.06. The van der Waals surface area contributed by atoms with Crippen LogP contribution in [0.15, 0.2) is 0 Å². The van der Waals surface area contributed by atoms with Crippen LogP contribution in [0.1, 0.15) is 0 Å². The van der Waals surface area contributed by atoms with Crippen LogP contribution in [0.5, 0.6) is 0 Å². The van der Waals surface area contributed by atoms with Crippen LogP contribution in [0.3, 0.4) is 0 Å². The van der Waals surface area contributed by atoms with Gasteiger partial charge in [-0.15, -0.1) is 0 Å². The number of nitrogens with zero attached hydrogens (tertiary/aromatic N) is 2. The van der Waals surface area contributed by atoms with Crippen LogP contribution in [0.2, 0.25) is 0 Å². The van der Waals surface area contributed by atoms with E-state index in [4.69, 9.17) is 5.84 Å². The molecule has 2 aliphatic heterocycles. The van der Waals surface area contributed by atoms with Gasteiger partial charge in [-0.3, -0.25) is 10.7 Å². The highest BCUT2D eigenvalue weighted by atomic mass is 15.4. The minimum Gasteiger partial charge on any atom is -0.297 e. The van der Waals surface area contributed by atoms with Gasteiger partial charge in [0, 0.05) is 38.6 Å². The smallest absolute Gasteiger partial charge is 0.0277 e. The number of nitrogens with two attached hydrogens (primary N) is 1. The highest BCUT2D eigenvalue weighted by Crippen LogP contribution is 2.37. The second kappa shape index (κ2) is 1.68. The molecule has 0 radical (unpaired) electrons. The van der Waals surface area contributed by atoms with Crippen LogP contribution in [-0.2, 0) is 0 Å². The van der Waals surface area contributed by atoms with E-state index in [1.54, 1.807) is 5.01 Å². The summed E-state index contributed by atoms with van der Waals surface area (Å²) in [6, 6.07) is 0.913. The molecule has 3 nitrogen and oxygen atoms in total. The molecule has 0 saturated carbocycles. The highest BCUT2D eigenvalue weighted by molar-refractivity contribution is 5.06. The number of hydrogen-bond donors (Lipinski definition) is 1. The van der Waals surface area contributed by atoms with E-state index in [9.17, 15) is 0 Å². The summed E-state index contributed by atoms with van der Waals surface area (Å²) >= 11 is 0. The fraction of sp³-hybridized carbons (Fsp3) is 1.00. The summed E-state index contributed by atoms with van der Waals surface area (Å²) < 4.78 is 0. The summed E-state index contributed by atoms with van der Waals surface area (Å²) in [7, 11) is 1.94. The molecule has 2 aliphatic rings. The van der Waals surface area contributed by atoms with Crippen molar-refractivity contribution in [1.82, 2.24) is 9.91 Å². The molecule has 9 heavy (non-hydrogen) atoms. The van der Waals surface area contributed by atoms with Crippen molar-refractivity contribution in [3.8, 4) is 0 Å². The molecule has 3 atom stereocenters. The third kappa shape index (κ3) is 0.852. The monoisotopic (exact) mass is 127 g/mol. The molecule has 3 unspecified atom stereocenters. The number of fused-ring (bicyclic) bond motifs is 1. The molecular weight excluding hydrogens is 114 g/mol. The number of hydrogen-bond acceptors (Lipinski definition) is 3. The summed E-state index contributed by atoms with van der Waals surface area (Å²) in [5.74, 6) is 6.37. The topological polar surface area (TPSA) is 32.3 Å². The first-order valence-electron chi connectivity index (χ1n) is 3.47. The molecule has 0 amide bonds. The van der Waals surface area contributed by atoms with Crippen LogP contribution in [0, 0.1) is 5.92 Å². The van der Waals surface area contributed by atoms with Crippen molar-refractivity contribution < 1.29 is 0 Å². The van der Waals surface area contributed by atoms with Crippen LogP contribution in [0.25, 0.3) is 0 Å². The Hall–Kier alpha value is -0.120. The molecule has 0 bridgehead atoms. The Morgan fingerprint density at radius 2 is 2.44 bits per heavy atom. The van der Waals surface area contributed by atoms with E-state index in [1.807, 2.05) is 7.05 Å². The minimum atomic E-state index is 0.875. The molecule has 0 aromatic rings. The molecule has 2 fully saturated rings. The van der Waals surface area contributed by atoms with Gasteiger partial charge in [-0.25, -0.2) is 5.01 Å². The normalized spacial score (nSPS) is 46.3. The quantitative estimate of drug-likeness (QED) is 0.296. The van der Waals surface area contributed by atoms with E-state index in [0.717, 1.165) is 18.5 Å². The minimum absolute atomic E-state index is 0.875. The van der Waals surface area contributed by atoms with Crippen LogP contribution in [0.4, 0.5) is 0 Å². The SMILES string of the molecule is CN(N)CC1CN2CC12. The van der Waals surface area contributed by atoms with E-state index < -0.39 is 0 Å². The fourth-order valence-corrected chi connectivity index (χ4v) is 1.68. The number of rotatable bonds is 2. The van der Waals surface area contributed by atoms with E-state index >= 15 is 0 Å². The first kappa shape index (κ1) is 5.65. The van der Waals surface area contributed by atoms with Gasteiger partial charge < -0.3 is 0 Å². The molecule has 0 aliphatic carbocycles. The van der Waals surface area contributed by atoms with E-state index in [1.165, 1.54) is 13.1 Å². The molecule has 2 saturated heterocycles. The zero-order valence-corrected chi connectivity index (χ0v) is 5.75. The van der Waals surface area contributed by atoms with Crippen molar-refractivity contribution in [2.75, 3.05) is 26.7 Å². The second-order valence-corrected chi connectivity index (χ2v) is 3.22. The van der Waals surface area contributed by atoms with Crippen molar-refractivity contribution in [3.05, 3.63) is 0 Å². The maximum Gasteiger partial charge on any atom is 0.0277 e. The first-order valence-corrected chi connectivity index (χ1v) is 3.47. The van der Waals surface area contributed by atoms with Gasteiger partial charge in [0.25, 0.3) is 0 Å². The Morgan fingerprint density at radius 1 is 1.67 bits per heavy atom. The van der Waals surface area contributed by atoms with E-state index in [2.05, 4.69) is 4.90 Å². The Labute approximate surface area is 55.4 Å². The summed E-state index contributed by atoms with van der Waals surface area (Å²) in [6.45, 7) is 3.69. The van der Waals surface area contributed by atoms with Gasteiger partial charge in [0.05, 0.1) is 0 Å². The second-order valence-electron chi connectivity index (χ2n) is 3.22. The standard InChI is InChI=1S/C6H13N3/c1-8(7)2-5-3-9-4-6(5)9/h5-6H,2-4,7H2,1H3. The molecule has 0 spiro atoms. The van der Waals surface area contributed by atoms with Crippen LogP contribution >= 0.6 is 0 Å². The maximum atomic E-state index is 5.50. The summed E-state index contributed by atoms with van der Waals surface area (Å²) in [6.07, 6.45) is 0. The van der Waals surface area contributed by atoms with Gasteiger partial charge in [0.1, 0.15) is 0 Å². The highest BCUT2D eigenvalue weighted by Gasteiger charge is 2.50. The van der Waals surface area contributed by atoms with Crippen molar-refractivity contribution in [2.45, 2.75) is 6.04 Å². The first-order chi connectivity index (χ1) is 4.27. The lowest BCUT2D eigenvalue weighted by Gasteiger charge is -2.28. The summed E-state index contributed by atoms with van der Waals surface area (Å²) in [5, 5.41) is 1.79. The van der Waals surface area contributed by atoms with Gasteiger partial charge in [-0.05, 0) is 0 Å². The molecule has 2 heterocycles. The van der Waals surface area contributed by atoms with Crippen molar-refractivity contribution >= 4 is 0 Å². The van der Waals surface area contributed by atoms with Crippen molar-refractivity contribution in [3.63, 3.8) is 0 Å². The van der Waals surface area contributed by atoms with Gasteiger partial charge in [-0.2, -0.15) is 0 Å². The van der Waals surface area contributed by atoms with Gasteiger partial charge >= 0.3 is 0 Å². The van der Waals surface area contributed by atoms with Crippen LogP contribution in [-0.4, -0.2) is 42.6 Å². The zero-order chi connectivity index (χ0) is 6.43. The molecule has 2 rings (SSSR count). The Morgan fingerprint density at radius 3 is 2.78 bits per heavy atom. The largest absolute Gasteiger partial charge is 0.297 e. The molecule has 0 aromatic carbocycles. The predicted octanol–water partition coefficient (Wildman–Crippen LogP) is -0.894. The van der Waals surface area contributed by atoms with Gasteiger partial charge in [0.2, 0.25) is 0 Å². The van der Waals surface area contributed by atoms with Crippen molar-refractivity contribution in [1.29, 1.82) is 0 Å². The summed E-state index contributed by atoms with van der Waals surface area (Å²) in [5.41, 5.74) is 0. The average Bonchev–Trinajstić information content (AvgIpc) is 2.35. The van der Waals surface area contributed by atoms with Gasteiger partial charge in [0.15, 0.2) is 0 Å². The van der Waals surface area contributed by atoms with Crippen LogP contribution < -0.4 is 5.84 Å². The predicted molar refractivity (Wildman–Crippen MR) is 35.7 cm³/mol. The summed E-state index contributed by atoms with van der Waals surface area (Å²) in [4.78, 5) is 2.47. The lowest BCUT2D eigenvalue weighted by atomic mass is 10.0. The zero-order valence-electron chi connectivity index (χ0n) is 5.75. The average molecular weight is 127 g/mol. The molecule has 2 N–H and O–H groups in total. The molecule has 3 heteroatoms. The van der Waals surface area contributed by atoms with Gasteiger partial charge in [-0.1, -0.05) is 0 Å². The fourth-order valence-electron chi connectivity index (χ4n) is 1.68. The third-order valence-electron chi connectivity index (χ3n) is 2.29. The lowest BCUT2D eigenvalue weighted by molar-refractivity contribution is 0.181. The Bertz CT molecular complexity index is 123. The Balaban J connectivity index is 1.75. The van der Waals surface area contributed by atoms with E-state index in [0.29, 0.717) is 0 Å². The molecule has 52 valence electrons. The maximum absolute atomic E-state index is 5.50. The lowest BCUT2D eigenvalue weighted by Crippen LogP contribution is -2.43. The molecule has 0 aromatic heterocycles. The van der Waals surface area contributed by atoms with Crippen molar-refractivity contribution in [2.24, 2.45) is 11.8 Å². The third-order valence-corrected chi connectivity index (χ3v) is 2.29. The van der Waals surface area contributed by atoms with E-state index in [-0.39, 0.29) is 0 Å². The number of hydrazine groups is 1. The molecular formula is C6H13N3.